The monoisotopic (exact) mass is 316 g/mol. The first kappa shape index (κ1) is 16.0. The SMILES string of the molecule is Cc1sc(-c2ccc(OCC(C)C)c(C#N)c2)nc1C(=O)O. The first-order valence-electron chi connectivity index (χ1n) is 6.80. The molecule has 0 bridgehead atoms. The number of benzene rings is 1. The summed E-state index contributed by atoms with van der Waals surface area (Å²) in [6.07, 6.45) is 0. The van der Waals surface area contributed by atoms with Crippen LogP contribution < -0.4 is 4.74 Å². The normalized spacial score (nSPS) is 10.5. The van der Waals surface area contributed by atoms with Crippen LogP contribution in [0.4, 0.5) is 0 Å². The number of carboxylic acids is 1. The number of aromatic carboxylic acids is 1. The molecule has 2 aromatic rings. The molecule has 0 spiro atoms. The number of carbonyl (C=O) groups is 1. The molecule has 1 N–H and O–H groups in total. The van der Waals surface area contributed by atoms with Crippen LogP contribution in [-0.4, -0.2) is 22.7 Å². The summed E-state index contributed by atoms with van der Waals surface area (Å²) in [5.74, 6) is -0.143. The van der Waals surface area contributed by atoms with Gasteiger partial charge in [-0.05, 0) is 31.0 Å². The lowest BCUT2D eigenvalue weighted by atomic mass is 10.1. The average molecular weight is 316 g/mol. The molecule has 0 aliphatic carbocycles. The molecular formula is C16H16N2O3S. The van der Waals surface area contributed by atoms with Gasteiger partial charge in [0.05, 0.1) is 12.2 Å². The van der Waals surface area contributed by atoms with E-state index < -0.39 is 5.97 Å². The van der Waals surface area contributed by atoms with Gasteiger partial charge in [0.15, 0.2) is 5.69 Å². The fraction of sp³-hybridized carbons (Fsp3) is 0.312. The van der Waals surface area contributed by atoms with E-state index in [1.54, 1.807) is 25.1 Å². The van der Waals surface area contributed by atoms with Crippen LogP contribution >= 0.6 is 11.3 Å². The summed E-state index contributed by atoms with van der Waals surface area (Å²) in [6, 6.07) is 7.31. The third-order valence-corrected chi connectivity index (χ3v) is 3.94. The van der Waals surface area contributed by atoms with Crippen LogP contribution in [0.3, 0.4) is 0 Å². The highest BCUT2D eigenvalue weighted by atomic mass is 32.1. The third kappa shape index (κ3) is 3.43. The number of rotatable bonds is 5. The maximum absolute atomic E-state index is 11.1. The van der Waals surface area contributed by atoms with Crippen LogP contribution in [0.25, 0.3) is 10.6 Å². The van der Waals surface area contributed by atoms with Gasteiger partial charge in [-0.25, -0.2) is 9.78 Å². The van der Waals surface area contributed by atoms with Gasteiger partial charge in [0.2, 0.25) is 0 Å². The highest BCUT2D eigenvalue weighted by molar-refractivity contribution is 7.15. The van der Waals surface area contributed by atoms with Crippen molar-refractivity contribution in [2.24, 2.45) is 5.92 Å². The fourth-order valence-corrected chi connectivity index (χ4v) is 2.75. The molecule has 0 atom stereocenters. The summed E-state index contributed by atoms with van der Waals surface area (Å²) >= 11 is 1.30. The van der Waals surface area contributed by atoms with Crippen LogP contribution in [0.2, 0.25) is 0 Å². The number of nitrogens with zero attached hydrogens (tertiary/aromatic N) is 2. The van der Waals surface area contributed by atoms with Crippen LogP contribution in [-0.2, 0) is 0 Å². The first-order valence-corrected chi connectivity index (χ1v) is 7.62. The van der Waals surface area contributed by atoms with E-state index in [1.807, 2.05) is 13.8 Å². The van der Waals surface area contributed by atoms with Crippen LogP contribution in [0.15, 0.2) is 18.2 Å². The van der Waals surface area contributed by atoms with Crippen molar-refractivity contribution in [3.05, 3.63) is 34.3 Å². The number of carboxylic acid groups (broad SMARTS) is 1. The second kappa shape index (κ2) is 6.58. The molecule has 0 amide bonds. The molecule has 5 nitrogen and oxygen atoms in total. The standard InChI is InChI=1S/C16H16N2O3S/c1-9(2)8-21-13-5-4-11(6-12(13)7-17)15-18-14(16(19)20)10(3)22-15/h4-6,9H,8H2,1-3H3,(H,19,20). The van der Waals surface area contributed by atoms with E-state index in [0.29, 0.717) is 39.3 Å². The molecule has 1 heterocycles. The van der Waals surface area contributed by atoms with E-state index in [2.05, 4.69) is 11.1 Å². The van der Waals surface area contributed by atoms with E-state index in [4.69, 9.17) is 9.84 Å². The number of nitriles is 1. The van der Waals surface area contributed by atoms with Crippen molar-refractivity contribution in [1.29, 1.82) is 5.26 Å². The zero-order chi connectivity index (χ0) is 16.3. The zero-order valence-electron chi connectivity index (χ0n) is 12.6. The van der Waals surface area contributed by atoms with Crippen molar-refractivity contribution in [1.82, 2.24) is 4.98 Å². The van der Waals surface area contributed by atoms with E-state index in [0.717, 1.165) is 0 Å². The molecule has 0 saturated heterocycles. The molecule has 0 saturated carbocycles. The van der Waals surface area contributed by atoms with Gasteiger partial charge in [-0.1, -0.05) is 13.8 Å². The minimum absolute atomic E-state index is 0.0543. The highest BCUT2D eigenvalue weighted by Crippen LogP contribution is 2.31. The zero-order valence-corrected chi connectivity index (χ0v) is 13.4. The van der Waals surface area contributed by atoms with Gasteiger partial charge in [-0.3, -0.25) is 0 Å². The number of aryl methyl sites for hydroxylation is 1. The van der Waals surface area contributed by atoms with Gasteiger partial charge in [0.1, 0.15) is 16.8 Å². The Kier molecular flexibility index (Phi) is 4.78. The molecule has 0 radical (unpaired) electrons. The van der Waals surface area contributed by atoms with Crippen molar-refractivity contribution < 1.29 is 14.6 Å². The molecule has 2 rings (SSSR count). The molecule has 0 fully saturated rings. The van der Waals surface area contributed by atoms with E-state index in [1.165, 1.54) is 11.3 Å². The van der Waals surface area contributed by atoms with Crippen molar-refractivity contribution >= 4 is 17.3 Å². The summed E-state index contributed by atoms with van der Waals surface area (Å²) in [5, 5.41) is 18.9. The summed E-state index contributed by atoms with van der Waals surface area (Å²) < 4.78 is 5.61. The molecule has 1 aromatic carbocycles. The molecule has 0 unspecified atom stereocenters. The maximum atomic E-state index is 11.1. The Balaban J connectivity index is 2.35. The van der Waals surface area contributed by atoms with Gasteiger partial charge in [0, 0.05) is 10.4 Å². The largest absolute Gasteiger partial charge is 0.492 e. The fourth-order valence-electron chi connectivity index (χ4n) is 1.85. The first-order chi connectivity index (χ1) is 10.4. The van der Waals surface area contributed by atoms with Gasteiger partial charge >= 0.3 is 5.97 Å². The Hall–Kier alpha value is -2.39. The minimum atomic E-state index is -1.04. The van der Waals surface area contributed by atoms with E-state index in [9.17, 15) is 10.1 Å². The molecule has 0 aliphatic heterocycles. The predicted octanol–water partition coefficient (Wildman–Crippen LogP) is 3.72. The topological polar surface area (TPSA) is 83.2 Å². The lowest BCUT2D eigenvalue weighted by molar-refractivity contribution is 0.0690. The van der Waals surface area contributed by atoms with Gasteiger partial charge in [-0.2, -0.15) is 5.26 Å². The Morgan fingerprint density at radius 3 is 2.77 bits per heavy atom. The lowest BCUT2D eigenvalue weighted by Crippen LogP contribution is -2.05. The van der Waals surface area contributed by atoms with Crippen molar-refractivity contribution in [2.45, 2.75) is 20.8 Å². The van der Waals surface area contributed by atoms with Crippen molar-refractivity contribution in [3.8, 4) is 22.4 Å². The number of hydrogen-bond acceptors (Lipinski definition) is 5. The third-order valence-electron chi connectivity index (χ3n) is 2.92. The van der Waals surface area contributed by atoms with Gasteiger partial charge in [0.25, 0.3) is 0 Å². The summed E-state index contributed by atoms with van der Waals surface area (Å²) in [7, 11) is 0. The Morgan fingerprint density at radius 1 is 1.50 bits per heavy atom. The predicted molar refractivity (Wildman–Crippen MR) is 84.3 cm³/mol. The van der Waals surface area contributed by atoms with E-state index in [-0.39, 0.29) is 5.69 Å². The second-order valence-corrected chi connectivity index (χ2v) is 6.46. The quantitative estimate of drug-likeness (QED) is 0.908. The van der Waals surface area contributed by atoms with Crippen molar-refractivity contribution in [3.63, 3.8) is 0 Å². The molecule has 114 valence electrons. The molecular weight excluding hydrogens is 300 g/mol. The van der Waals surface area contributed by atoms with Crippen LogP contribution in [0.1, 0.15) is 34.8 Å². The van der Waals surface area contributed by atoms with Crippen molar-refractivity contribution in [2.75, 3.05) is 6.61 Å². The van der Waals surface area contributed by atoms with Gasteiger partial charge < -0.3 is 9.84 Å². The average Bonchev–Trinajstić information content (AvgIpc) is 2.87. The molecule has 0 aliphatic rings. The number of thiazole rings is 1. The summed E-state index contributed by atoms with van der Waals surface area (Å²) in [6.45, 7) is 6.32. The number of hydrogen-bond donors (Lipinski definition) is 1. The highest BCUT2D eigenvalue weighted by Gasteiger charge is 2.16. The smallest absolute Gasteiger partial charge is 0.355 e. The number of ether oxygens (including phenoxy) is 1. The maximum Gasteiger partial charge on any atom is 0.355 e. The Morgan fingerprint density at radius 2 is 2.23 bits per heavy atom. The van der Waals surface area contributed by atoms with Gasteiger partial charge in [-0.15, -0.1) is 11.3 Å². The Bertz CT molecular complexity index is 744. The summed E-state index contributed by atoms with van der Waals surface area (Å²) in [4.78, 5) is 15.8. The second-order valence-electron chi connectivity index (χ2n) is 5.26. The van der Waals surface area contributed by atoms with E-state index >= 15 is 0 Å². The Labute approximate surface area is 132 Å². The summed E-state index contributed by atoms with van der Waals surface area (Å²) in [5.41, 5.74) is 1.19. The molecule has 6 heteroatoms. The number of aromatic nitrogens is 1. The van der Waals surface area contributed by atoms with Crippen LogP contribution in [0.5, 0.6) is 5.75 Å². The lowest BCUT2D eigenvalue weighted by Gasteiger charge is -2.10. The van der Waals surface area contributed by atoms with Crippen LogP contribution in [0, 0.1) is 24.2 Å². The molecule has 22 heavy (non-hydrogen) atoms. The molecule has 1 aromatic heterocycles. The minimum Gasteiger partial charge on any atom is -0.492 e.